The van der Waals surface area contributed by atoms with Crippen LogP contribution in [0.25, 0.3) is 0 Å². The molecule has 0 aromatic heterocycles. The van der Waals surface area contributed by atoms with E-state index < -0.39 is 0 Å². The molecule has 2 nitrogen and oxygen atoms in total. The third-order valence-corrected chi connectivity index (χ3v) is 6.37. The maximum absolute atomic E-state index is 9.86. The van der Waals surface area contributed by atoms with Gasteiger partial charge in [0.2, 0.25) is 0 Å². The lowest BCUT2D eigenvalue weighted by Crippen LogP contribution is -1.99. The Balaban J connectivity index is 2.49. The minimum absolute atomic E-state index is 0.209. The molecule has 0 fully saturated rings. The zero-order valence-electron chi connectivity index (χ0n) is 10.3. The van der Waals surface area contributed by atoms with Gasteiger partial charge in [-0.15, -0.1) is 0 Å². The number of hydrogen-bond donors (Lipinski definition) is 2. The quantitative estimate of drug-likeness (QED) is 0.394. The zero-order valence-corrected chi connectivity index (χ0v) is 18.9. The summed E-state index contributed by atoms with van der Waals surface area (Å²) < 4.78 is 3.44. The number of phenols is 2. The predicted octanol–water partition coefficient (Wildman–Crippen LogP) is 5.67. The molecule has 0 heterocycles. The topological polar surface area (TPSA) is 40.5 Å². The SMILES string of the molecule is CC(c1cc(I)c(O)c(I)c1)c1cc(I)c(O)c(I)c1. The first kappa shape index (κ1) is 17.3. The molecule has 0 radical (unpaired) electrons. The average molecular weight is 718 g/mol. The molecule has 106 valence electrons. The molecular formula is C14H10I4O2. The Morgan fingerprint density at radius 3 is 1.20 bits per heavy atom. The fourth-order valence-corrected chi connectivity index (χ4v) is 5.50. The summed E-state index contributed by atoms with van der Waals surface area (Å²) in [5.41, 5.74) is 2.32. The lowest BCUT2D eigenvalue weighted by Gasteiger charge is -2.16. The summed E-state index contributed by atoms with van der Waals surface area (Å²) in [6.07, 6.45) is 0. The van der Waals surface area contributed by atoms with Gasteiger partial charge in [-0.1, -0.05) is 6.92 Å². The zero-order chi connectivity index (χ0) is 15.0. The van der Waals surface area contributed by atoms with E-state index in [0.29, 0.717) is 11.5 Å². The maximum Gasteiger partial charge on any atom is 0.142 e. The van der Waals surface area contributed by atoms with Gasteiger partial charge in [-0.3, -0.25) is 0 Å². The molecule has 0 saturated carbocycles. The van der Waals surface area contributed by atoms with Crippen LogP contribution in [0, 0.1) is 14.3 Å². The smallest absolute Gasteiger partial charge is 0.142 e. The number of benzene rings is 2. The summed E-state index contributed by atoms with van der Waals surface area (Å²) in [5.74, 6) is 0.897. The highest BCUT2D eigenvalue weighted by Crippen LogP contribution is 2.36. The van der Waals surface area contributed by atoms with Crippen molar-refractivity contribution < 1.29 is 10.2 Å². The molecule has 0 amide bonds. The third kappa shape index (κ3) is 3.65. The third-order valence-electron chi connectivity index (χ3n) is 3.08. The van der Waals surface area contributed by atoms with Gasteiger partial charge in [0.05, 0.1) is 14.3 Å². The molecule has 0 saturated heterocycles. The molecule has 0 atom stereocenters. The molecule has 0 spiro atoms. The standard InChI is InChI=1S/C14H10I4O2/c1-6(7-2-9(15)13(19)10(16)3-7)8-4-11(17)14(20)12(18)5-8/h2-6,19-20H,1H3. The number of halogens is 4. The van der Waals surface area contributed by atoms with Crippen molar-refractivity contribution in [3.05, 3.63) is 49.7 Å². The van der Waals surface area contributed by atoms with Crippen molar-refractivity contribution in [3.8, 4) is 11.5 Å². The van der Waals surface area contributed by atoms with Gasteiger partial charge in [-0.05, 0) is 126 Å². The Morgan fingerprint density at radius 2 is 0.950 bits per heavy atom. The highest BCUT2D eigenvalue weighted by Gasteiger charge is 2.15. The van der Waals surface area contributed by atoms with Crippen molar-refractivity contribution in [2.75, 3.05) is 0 Å². The van der Waals surface area contributed by atoms with Gasteiger partial charge in [-0.25, -0.2) is 0 Å². The molecule has 2 rings (SSSR count). The van der Waals surface area contributed by atoms with Crippen LogP contribution in [0.4, 0.5) is 0 Å². The van der Waals surface area contributed by atoms with E-state index in [4.69, 9.17) is 0 Å². The number of rotatable bonds is 2. The molecule has 20 heavy (non-hydrogen) atoms. The van der Waals surface area contributed by atoms with Crippen molar-refractivity contribution in [1.29, 1.82) is 0 Å². The highest BCUT2D eigenvalue weighted by molar-refractivity contribution is 14.1. The molecule has 0 aliphatic rings. The first-order chi connectivity index (χ1) is 9.31. The molecule has 0 aliphatic heterocycles. The predicted molar refractivity (Wildman–Crippen MR) is 115 cm³/mol. The Labute approximate surface area is 172 Å². The highest BCUT2D eigenvalue weighted by atomic mass is 127. The fraction of sp³-hybridized carbons (Fsp3) is 0.143. The Bertz CT molecular complexity index is 567. The second kappa shape index (κ2) is 7.02. The average Bonchev–Trinajstić information content (AvgIpc) is 2.40. The van der Waals surface area contributed by atoms with Crippen LogP contribution in [-0.2, 0) is 0 Å². The molecule has 6 heteroatoms. The van der Waals surface area contributed by atoms with Gasteiger partial charge in [0.25, 0.3) is 0 Å². The Hall–Kier alpha value is 0.960. The van der Waals surface area contributed by atoms with E-state index >= 15 is 0 Å². The second-order valence-corrected chi connectivity index (χ2v) is 9.04. The molecule has 0 aliphatic carbocycles. The summed E-state index contributed by atoms with van der Waals surface area (Å²) >= 11 is 8.60. The number of phenolic OH excluding ortho intramolecular Hbond substituents is 2. The van der Waals surface area contributed by atoms with Crippen molar-refractivity contribution in [2.45, 2.75) is 12.8 Å². The molecule has 0 unspecified atom stereocenters. The van der Waals surface area contributed by atoms with Crippen LogP contribution in [-0.4, -0.2) is 10.2 Å². The molecule has 2 aromatic carbocycles. The van der Waals surface area contributed by atoms with Crippen LogP contribution in [0.1, 0.15) is 24.0 Å². The van der Waals surface area contributed by atoms with Gasteiger partial charge in [-0.2, -0.15) is 0 Å². The Kier molecular flexibility index (Phi) is 6.08. The molecule has 2 N–H and O–H groups in total. The van der Waals surface area contributed by atoms with Gasteiger partial charge in [0, 0.05) is 5.92 Å². The fourth-order valence-electron chi connectivity index (χ4n) is 1.86. The summed E-state index contributed by atoms with van der Waals surface area (Å²) in [6, 6.07) is 8.04. The van der Waals surface area contributed by atoms with Gasteiger partial charge >= 0.3 is 0 Å². The van der Waals surface area contributed by atoms with Crippen LogP contribution < -0.4 is 0 Å². The van der Waals surface area contributed by atoms with E-state index in [0.717, 1.165) is 25.4 Å². The van der Waals surface area contributed by atoms with Crippen molar-refractivity contribution in [2.24, 2.45) is 0 Å². The van der Waals surface area contributed by atoms with Crippen LogP contribution in [0.15, 0.2) is 24.3 Å². The maximum atomic E-state index is 9.86. The van der Waals surface area contributed by atoms with Crippen molar-refractivity contribution in [1.82, 2.24) is 0 Å². The van der Waals surface area contributed by atoms with Crippen LogP contribution in [0.2, 0.25) is 0 Å². The molecular weight excluding hydrogens is 708 g/mol. The lowest BCUT2D eigenvalue weighted by atomic mass is 9.93. The van der Waals surface area contributed by atoms with Crippen LogP contribution in [0.5, 0.6) is 11.5 Å². The van der Waals surface area contributed by atoms with Gasteiger partial charge in [0.1, 0.15) is 11.5 Å². The first-order valence-corrected chi connectivity index (χ1v) is 9.98. The number of aromatic hydroxyl groups is 2. The van der Waals surface area contributed by atoms with Gasteiger partial charge < -0.3 is 10.2 Å². The van der Waals surface area contributed by atoms with E-state index in [1.807, 2.05) is 24.3 Å². The lowest BCUT2D eigenvalue weighted by molar-refractivity contribution is 0.467. The van der Waals surface area contributed by atoms with E-state index in [9.17, 15) is 10.2 Å². The van der Waals surface area contributed by atoms with Gasteiger partial charge in [0.15, 0.2) is 0 Å². The second-order valence-electron chi connectivity index (χ2n) is 4.39. The van der Waals surface area contributed by atoms with Crippen LogP contribution in [0.3, 0.4) is 0 Å². The molecule has 2 aromatic rings. The minimum Gasteiger partial charge on any atom is -0.506 e. The summed E-state index contributed by atoms with van der Waals surface area (Å²) in [5, 5.41) is 19.7. The minimum atomic E-state index is 0.209. The van der Waals surface area contributed by atoms with E-state index in [1.165, 1.54) is 0 Å². The summed E-state index contributed by atoms with van der Waals surface area (Å²) in [7, 11) is 0. The monoisotopic (exact) mass is 718 g/mol. The first-order valence-electron chi connectivity index (χ1n) is 5.67. The van der Waals surface area contributed by atoms with E-state index in [2.05, 4.69) is 97.3 Å². The van der Waals surface area contributed by atoms with E-state index in [1.54, 1.807) is 0 Å². The summed E-state index contributed by atoms with van der Waals surface area (Å²) in [6.45, 7) is 2.14. The normalized spacial score (nSPS) is 11.1. The number of hydrogen-bond acceptors (Lipinski definition) is 2. The van der Waals surface area contributed by atoms with Crippen LogP contribution >= 0.6 is 90.4 Å². The van der Waals surface area contributed by atoms with Crippen molar-refractivity contribution >= 4 is 90.4 Å². The largest absolute Gasteiger partial charge is 0.506 e. The Morgan fingerprint density at radius 1 is 0.700 bits per heavy atom. The van der Waals surface area contributed by atoms with Crippen molar-refractivity contribution in [3.63, 3.8) is 0 Å². The molecule has 0 bridgehead atoms. The summed E-state index contributed by atoms with van der Waals surface area (Å²) in [4.78, 5) is 0. The van der Waals surface area contributed by atoms with E-state index in [-0.39, 0.29) is 5.92 Å².